The van der Waals surface area contributed by atoms with Crippen LogP contribution in [0.4, 0.5) is 5.69 Å². The van der Waals surface area contributed by atoms with Gasteiger partial charge >= 0.3 is 0 Å². The predicted octanol–water partition coefficient (Wildman–Crippen LogP) is 4.34. The molecule has 0 aliphatic rings. The standard InChI is InChI=1S/C30H33N5O5/c1-19(36)20-10-9-11-22(14-20)35(27(37)18-34-26-13-8-7-12-25(26)32-33-34)28(29(38)31-30(2,3)4)21-15-23(39-5)17-24(16-21)40-6/h7-17,28H,18H2,1-6H3,(H,31,38)/t28-/m0/s1. The van der Waals surface area contributed by atoms with Crippen molar-refractivity contribution in [3.63, 3.8) is 0 Å². The lowest BCUT2D eigenvalue weighted by Crippen LogP contribution is -2.50. The molecule has 0 aliphatic heterocycles. The number of para-hydroxylation sites is 1. The van der Waals surface area contributed by atoms with Crippen molar-refractivity contribution in [3.8, 4) is 11.5 Å². The van der Waals surface area contributed by atoms with Gasteiger partial charge in [0.1, 0.15) is 29.6 Å². The van der Waals surface area contributed by atoms with Gasteiger partial charge in [0.25, 0.3) is 0 Å². The molecule has 0 spiro atoms. The van der Waals surface area contributed by atoms with Crippen LogP contribution in [-0.4, -0.2) is 52.3 Å². The second kappa shape index (κ2) is 11.6. The molecule has 1 aromatic heterocycles. The first-order valence-corrected chi connectivity index (χ1v) is 12.8. The highest BCUT2D eigenvalue weighted by Crippen LogP contribution is 2.34. The molecule has 4 rings (SSSR count). The number of hydrogen-bond donors (Lipinski definition) is 1. The number of amides is 2. The summed E-state index contributed by atoms with van der Waals surface area (Å²) in [5, 5.41) is 11.3. The fourth-order valence-corrected chi connectivity index (χ4v) is 4.39. The molecular weight excluding hydrogens is 510 g/mol. The number of benzene rings is 3. The summed E-state index contributed by atoms with van der Waals surface area (Å²) in [4.78, 5) is 41.9. The SMILES string of the molecule is COc1cc(OC)cc([C@@H](C(=O)NC(C)(C)C)N(C(=O)Cn2nnc3ccccc32)c2cccc(C(C)=O)c2)c1. The fourth-order valence-electron chi connectivity index (χ4n) is 4.39. The topological polar surface area (TPSA) is 116 Å². The normalized spacial score (nSPS) is 12.1. The highest BCUT2D eigenvalue weighted by molar-refractivity contribution is 6.03. The van der Waals surface area contributed by atoms with Crippen LogP contribution in [-0.2, 0) is 16.1 Å². The number of aromatic nitrogens is 3. The van der Waals surface area contributed by atoms with E-state index in [0.717, 1.165) is 0 Å². The van der Waals surface area contributed by atoms with Crippen molar-refractivity contribution in [1.82, 2.24) is 20.3 Å². The number of ether oxygens (including phenoxy) is 2. The molecule has 0 aliphatic carbocycles. The Hall–Kier alpha value is -4.73. The van der Waals surface area contributed by atoms with Gasteiger partial charge in [0.05, 0.1) is 19.7 Å². The molecule has 0 unspecified atom stereocenters. The molecular formula is C30H33N5O5. The maximum atomic E-state index is 14.2. The van der Waals surface area contributed by atoms with Crippen molar-refractivity contribution < 1.29 is 23.9 Å². The summed E-state index contributed by atoms with van der Waals surface area (Å²) in [6.45, 7) is 6.82. The first-order chi connectivity index (χ1) is 19.0. The maximum absolute atomic E-state index is 14.2. The third-order valence-electron chi connectivity index (χ3n) is 6.20. The Balaban J connectivity index is 1.92. The van der Waals surface area contributed by atoms with Crippen molar-refractivity contribution in [2.75, 3.05) is 19.1 Å². The number of carbonyl (C=O) groups excluding carboxylic acids is 3. The van der Waals surface area contributed by atoms with Crippen molar-refractivity contribution in [1.29, 1.82) is 0 Å². The first kappa shape index (κ1) is 28.3. The van der Waals surface area contributed by atoms with E-state index in [1.165, 1.54) is 30.7 Å². The second-order valence-corrected chi connectivity index (χ2v) is 10.4. The molecule has 0 fully saturated rings. The van der Waals surface area contributed by atoms with E-state index in [2.05, 4.69) is 15.6 Å². The van der Waals surface area contributed by atoms with Crippen molar-refractivity contribution in [2.45, 2.75) is 45.8 Å². The molecule has 1 N–H and O–H groups in total. The smallest absolute Gasteiger partial charge is 0.249 e. The van der Waals surface area contributed by atoms with Crippen molar-refractivity contribution in [2.24, 2.45) is 0 Å². The molecule has 0 radical (unpaired) electrons. The minimum Gasteiger partial charge on any atom is -0.497 e. The summed E-state index contributed by atoms with van der Waals surface area (Å²) in [5.41, 5.74) is 1.95. The number of hydrogen-bond acceptors (Lipinski definition) is 7. The summed E-state index contributed by atoms with van der Waals surface area (Å²) < 4.78 is 12.4. The van der Waals surface area contributed by atoms with E-state index in [-0.39, 0.29) is 12.3 Å². The van der Waals surface area contributed by atoms with Gasteiger partial charge in [-0.25, -0.2) is 4.68 Å². The fraction of sp³-hybridized carbons (Fsp3) is 0.300. The molecule has 4 aromatic rings. The van der Waals surface area contributed by atoms with Crippen LogP contribution in [0.3, 0.4) is 0 Å². The summed E-state index contributed by atoms with van der Waals surface area (Å²) >= 11 is 0. The van der Waals surface area contributed by atoms with Gasteiger partial charge in [-0.15, -0.1) is 5.10 Å². The summed E-state index contributed by atoms with van der Waals surface area (Å²) in [5.74, 6) is -0.125. The Morgan fingerprint density at radius 3 is 2.25 bits per heavy atom. The van der Waals surface area contributed by atoms with Crippen LogP contribution in [0.5, 0.6) is 11.5 Å². The molecule has 0 saturated heterocycles. The molecule has 40 heavy (non-hydrogen) atoms. The quantitative estimate of drug-likeness (QED) is 0.312. The van der Waals surface area contributed by atoms with E-state index in [1.54, 1.807) is 48.5 Å². The molecule has 10 nitrogen and oxygen atoms in total. The van der Waals surface area contributed by atoms with Gasteiger partial charge in [-0.3, -0.25) is 19.3 Å². The van der Waals surface area contributed by atoms with Crippen LogP contribution in [0.25, 0.3) is 11.0 Å². The number of methoxy groups -OCH3 is 2. The molecule has 1 heterocycles. The predicted molar refractivity (Wildman–Crippen MR) is 152 cm³/mol. The molecule has 10 heteroatoms. The Labute approximate surface area is 232 Å². The summed E-state index contributed by atoms with van der Waals surface area (Å²) in [6, 6.07) is 17.9. The number of nitrogens with one attached hydrogen (secondary N) is 1. The number of fused-ring (bicyclic) bond motifs is 1. The maximum Gasteiger partial charge on any atom is 0.249 e. The number of ketones is 1. The minimum atomic E-state index is -1.15. The molecule has 0 saturated carbocycles. The molecule has 1 atom stereocenters. The van der Waals surface area contributed by atoms with E-state index in [9.17, 15) is 14.4 Å². The third-order valence-corrected chi connectivity index (χ3v) is 6.20. The Morgan fingerprint density at radius 1 is 0.950 bits per heavy atom. The highest BCUT2D eigenvalue weighted by Gasteiger charge is 2.35. The van der Waals surface area contributed by atoms with Gasteiger partial charge in [0.15, 0.2) is 5.78 Å². The van der Waals surface area contributed by atoms with Crippen LogP contribution >= 0.6 is 0 Å². The highest BCUT2D eigenvalue weighted by atomic mass is 16.5. The van der Waals surface area contributed by atoms with E-state index in [1.807, 2.05) is 39.0 Å². The monoisotopic (exact) mass is 543 g/mol. The van der Waals surface area contributed by atoms with E-state index in [0.29, 0.717) is 39.3 Å². The van der Waals surface area contributed by atoms with Gasteiger partial charge < -0.3 is 14.8 Å². The zero-order valence-electron chi connectivity index (χ0n) is 23.5. The van der Waals surface area contributed by atoms with E-state index >= 15 is 0 Å². The molecule has 2 amide bonds. The van der Waals surface area contributed by atoms with Gasteiger partial charge in [-0.2, -0.15) is 0 Å². The zero-order valence-corrected chi connectivity index (χ0v) is 23.5. The van der Waals surface area contributed by atoms with Crippen molar-refractivity contribution in [3.05, 3.63) is 77.9 Å². The minimum absolute atomic E-state index is 0.171. The van der Waals surface area contributed by atoms with Crippen LogP contribution in [0, 0.1) is 0 Å². The average Bonchev–Trinajstić information content (AvgIpc) is 3.32. The Morgan fingerprint density at radius 2 is 1.62 bits per heavy atom. The summed E-state index contributed by atoms with van der Waals surface area (Å²) in [7, 11) is 3.02. The number of rotatable bonds is 9. The van der Waals surface area contributed by atoms with Gasteiger partial charge in [0.2, 0.25) is 11.8 Å². The molecule has 0 bridgehead atoms. The lowest BCUT2D eigenvalue weighted by Gasteiger charge is -2.34. The first-order valence-electron chi connectivity index (χ1n) is 12.8. The van der Waals surface area contributed by atoms with Gasteiger partial charge in [0, 0.05) is 22.9 Å². The van der Waals surface area contributed by atoms with Crippen molar-refractivity contribution >= 4 is 34.3 Å². The van der Waals surface area contributed by atoms with E-state index < -0.39 is 23.4 Å². The Kier molecular flexibility index (Phi) is 8.18. The third kappa shape index (κ3) is 6.28. The lowest BCUT2D eigenvalue weighted by atomic mass is 9.99. The van der Waals surface area contributed by atoms with E-state index in [4.69, 9.17) is 9.47 Å². The number of carbonyl (C=O) groups is 3. The zero-order chi connectivity index (χ0) is 29.0. The van der Waals surface area contributed by atoms with Crippen LogP contribution in [0.1, 0.15) is 49.7 Å². The largest absolute Gasteiger partial charge is 0.497 e. The van der Waals surface area contributed by atoms with Crippen LogP contribution < -0.4 is 19.7 Å². The molecule has 208 valence electrons. The second-order valence-electron chi connectivity index (χ2n) is 10.4. The molecule has 3 aromatic carbocycles. The number of nitrogens with zero attached hydrogens (tertiary/aromatic N) is 4. The number of anilines is 1. The number of Topliss-reactive ketones (excluding diaryl/α,β-unsaturated/α-hetero) is 1. The lowest BCUT2D eigenvalue weighted by molar-refractivity contribution is -0.128. The van der Waals surface area contributed by atoms with Crippen LogP contribution in [0.15, 0.2) is 66.7 Å². The van der Waals surface area contributed by atoms with Gasteiger partial charge in [-0.1, -0.05) is 29.5 Å². The Bertz CT molecular complexity index is 1530. The van der Waals surface area contributed by atoms with Crippen LogP contribution in [0.2, 0.25) is 0 Å². The van der Waals surface area contributed by atoms with Gasteiger partial charge in [-0.05, 0) is 69.7 Å². The average molecular weight is 544 g/mol. The summed E-state index contributed by atoms with van der Waals surface area (Å²) in [6.07, 6.45) is 0.